The summed E-state index contributed by atoms with van der Waals surface area (Å²) < 4.78 is 14.5. The average molecular weight is 404 g/mol. The highest BCUT2D eigenvalue weighted by atomic mass is 79.9. The second-order valence-electron chi connectivity index (χ2n) is 3.81. The molecule has 0 heterocycles. The number of thiocarbonyl (C=S) groups is 1. The van der Waals surface area contributed by atoms with E-state index in [1.807, 2.05) is 18.2 Å². The van der Waals surface area contributed by atoms with Gasteiger partial charge >= 0.3 is 0 Å². The summed E-state index contributed by atoms with van der Waals surface area (Å²) in [6.45, 7) is 0. The molecule has 2 nitrogen and oxygen atoms in total. The van der Waals surface area contributed by atoms with E-state index in [0.717, 1.165) is 21.4 Å². The normalized spacial score (nSPS) is 10.3. The van der Waals surface area contributed by atoms with Gasteiger partial charge in [-0.25, -0.2) is 4.39 Å². The van der Waals surface area contributed by atoms with Crippen molar-refractivity contribution in [2.75, 3.05) is 5.32 Å². The molecule has 3 N–H and O–H groups in total. The highest BCUT2D eigenvalue weighted by Crippen LogP contribution is 2.29. The van der Waals surface area contributed by atoms with E-state index in [2.05, 4.69) is 37.2 Å². The van der Waals surface area contributed by atoms with E-state index in [0.29, 0.717) is 9.46 Å². The summed E-state index contributed by atoms with van der Waals surface area (Å²) in [6, 6.07) is 10.0. The Kier molecular flexibility index (Phi) is 4.54. The monoisotopic (exact) mass is 402 g/mol. The molecule has 0 aliphatic rings. The number of benzene rings is 2. The molecule has 6 heteroatoms. The lowest BCUT2D eigenvalue weighted by molar-refractivity contribution is 0.627. The standard InChI is InChI=1S/C13H9Br2FN2S/c14-10-6-8(2-3-9(10)13(17)19)18-12-4-1-7(16)5-11(12)15/h1-6,18H,(H2,17,19). The third kappa shape index (κ3) is 3.52. The van der Waals surface area contributed by atoms with Gasteiger partial charge in [-0.05, 0) is 68.3 Å². The zero-order valence-electron chi connectivity index (χ0n) is 9.58. The smallest absolute Gasteiger partial charge is 0.124 e. The van der Waals surface area contributed by atoms with Crippen LogP contribution in [0, 0.1) is 5.82 Å². The minimum atomic E-state index is -0.289. The molecule has 2 aromatic carbocycles. The molecule has 0 unspecified atom stereocenters. The van der Waals surface area contributed by atoms with Gasteiger partial charge in [0.05, 0.1) is 5.69 Å². The van der Waals surface area contributed by atoms with Crippen molar-refractivity contribution in [3.8, 4) is 0 Å². The number of rotatable bonds is 3. The van der Waals surface area contributed by atoms with Crippen LogP contribution >= 0.6 is 44.1 Å². The zero-order chi connectivity index (χ0) is 14.0. The topological polar surface area (TPSA) is 38.0 Å². The van der Waals surface area contributed by atoms with Crippen LogP contribution in [-0.4, -0.2) is 4.99 Å². The molecule has 0 saturated carbocycles. The van der Waals surface area contributed by atoms with Gasteiger partial charge < -0.3 is 11.1 Å². The van der Waals surface area contributed by atoms with Gasteiger partial charge in [0.2, 0.25) is 0 Å². The first-order chi connectivity index (χ1) is 8.97. The van der Waals surface area contributed by atoms with E-state index in [9.17, 15) is 4.39 Å². The molecule has 0 aliphatic carbocycles. The maximum atomic E-state index is 13.0. The number of nitrogens with two attached hydrogens (primary N) is 1. The van der Waals surface area contributed by atoms with Crippen LogP contribution in [0.2, 0.25) is 0 Å². The largest absolute Gasteiger partial charge is 0.389 e. The summed E-state index contributed by atoms with van der Waals surface area (Å²) >= 11 is 11.7. The molecule has 0 spiro atoms. The molecule has 0 radical (unpaired) electrons. The highest BCUT2D eigenvalue weighted by Gasteiger charge is 2.06. The first-order valence-corrected chi connectivity index (χ1v) is 7.28. The highest BCUT2D eigenvalue weighted by molar-refractivity contribution is 9.11. The van der Waals surface area contributed by atoms with E-state index in [-0.39, 0.29) is 5.82 Å². The first-order valence-electron chi connectivity index (χ1n) is 5.29. The minimum absolute atomic E-state index is 0.289. The van der Waals surface area contributed by atoms with Gasteiger partial charge in [-0.15, -0.1) is 0 Å². The third-order valence-electron chi connectivity index (χ3n) is 2.44. The fourth-order valence-electron chi connectivity index (χ4n) is 1.54. The summed E-state index contributed by atoms with van der Waals surface area (Å²) in [4.78, 5) is 0.335. The van der Waals surface area contributed by atoms with E-state index in [4.69, 9.17) is 18.0 Å². The van der Waals surface area contributed by atoms with Crippen LogP contribution in [0.4, 0.5) is 15.8 Å². The van der Waals surface area contributed by atoms with Gasteiger partial charge in [-0.2, -0.15) is 0 Å². The number of halogens is 3. The Morgan fingerprint density at radius 2 is 1.84 bits per heavy atom. The van der Waals surface area contributed by atoms with Gasteiger partial charge in [0.15, 0.2) is 0 Å². The van der Waals surface area contributed by atoms with Gasteiger partial charge in [-0.1, -0.05) is 12.2 Å². The summed E-state index contributed by atoms with van der Waals surface area (Å²) in [5.41, 5.74) is 7.99. The lowest BCUT2D eigenvalue weighted by Crippen LogP contribution is -2.10. The molecule has 0 aliphatic heterocycles. The van der Waals surface area contributed by atoms with Crippen LogP contribution < -0.4 is 11.1 Å². The molecule has 0 aromatic heterocycles. The Morgan fingerprint density at radius 3 is 2.42 bits per heavy atom. The molecule has 2 aromatic rings. The van der Waals surface area contributed by atoms with Crippen molar-refractivity contribution in [3.05, 3.63) is 56.7 Å². The molecule has 0 bridgehead atoms. The second kappa shape index (κ2) is 5.98. The van der Waals surface area contributed by atoms with Crippen LogP contribution in [-0.2, 0) is 0 Å². The van der Waals surface area contributed by atoms with E-state index in [1.165, 1.54) is 12.1 Å². The van der Waals surface area contributed by atoms with E-state index in [1.54, 1.807) is 6.07 Å². The van der Waals surface area contributed by atoms with Crippen LogP contribution in [0.15, 0.2) is 45.3 Å². The molecule has 19 heavy (non-hydrogen) atoms. The van der Waals surface area contributed by atoms with Crippen LogP contribution in [0.1, 0.15) is 5.56 Å². The molecule has 0 amide bonds. The van der Waals surface area contributed by atoms with Crippen molar-refractivity contribution in [3.63, 3.8) is 0 Å². The maximum absolute atomic E-state index is 13.0. The second-order valence-corrected chi connectivity index (χ2v) is 5.96. The predicted octanol–water partition coefficient (Wildman–Crippen LogP) is 4.73. The predicted molar refractivity (Wildman–Crippen MR) is 87.4 cm³/mol. The number of nitrogens with one attached hydrogen (secondary N) is 1. The van der Waals surface area contributed by atoms with Crippen LogP contribution in [0.25, 0.3) is 0 Å². The molecule has 0 saturated heterocycles. The fraction of sp³-hybridized carbons (Fsp3) is 0. The molecule has 0 atom stereocenters. The van der Waals surface area contributed by atoms with E-state index < -0.39 is 0 Å². The van der Waals surface area contributed by atoms with Crippen molar-refractivity contribution < 1.29 is 4.39 Å². The van der Waals surface area contributed by atoms with Crippen LogP contribution in [0.5, 0.6) is 0 Å². The first kappa shape index (κ1) is 14.4. The van der Waals surface area contributed by atoms with Gasteiger partial charge in [-0.3, -0.25) is 0 Å². The summed E-state index contributed by atoms with van der Waals surface area (Å²) in [5, 5.41) is 3.18. The van der Waals surface area contributed by atoms with Gasteiger partial charge in [0, 0.05) is 20.2 Å². The maximum Gasteiger partial charge on any atom is 0.124 e. The molecular formula is C13H9Br2FN2S. The fourth-order valence-corrected chi connectivity index (χ4v) is 2.89. The number of hydrogen-bond acceptors (Lipinski definition) is 2. The van der Waals surface area contributed by atoms with Gasteiger partial charge in [0.1, 0.15) is 10.8 Å². The SMILES string of the molecule is NC(=S)c1ccc(Nc2ccc(F)cc2Br)cc1Br. The summed E-state index contributed by atoms with van der Waals surface area (Å²) in [6.07, 6.45) is 0. The molecule has 0 fully saturated rings. The van der Waals surface area contributed by atoms with Crippen molar-refractivity contribution in [2.24, 2.45) is 5.73 Å². The Morgan fingerprint density at radius 1 is 1.11 bits per heavy atom. The summed E-state index contributed by atoms with van der Waals surface area (Å²) in [7, 11) is 0. The average Bonchev–Trinajstić information content (AvgIpc) is 2.32. The van der Waals surface area contributed by atoms with Crippen molar-refractivity contribution in [1.82, 2.24) is 0 Å². The Bertz CT molecular complexity index is 647. The van der Waals surface area contributed by atoms with Crippen molar-refractivity contribution >= 4 is 60.4 Å². The van der Waals surface area contributed by atoms with Crippen LogP contribution in [0.3, 0.4) is 0 Å². The van der Waals surface area contributed by atoms with Crippen molar-refractivity contribution in [2.45, 2.75) is 0 Å². The third-order valence-corrected chi connectivity index (χ3v) is 3.98. The quantitative estimate of drug-likeness (QED) is 0.727. The molecule has 2 rings (SSSR count). The minimum Gasteiger partial charge on any atom is -0.389 e. The Labute approximate surface area is 132 Å². The summed E-state index contributed by atoms with van der Waals surface area (Å²) in [5.74, 6) is -0.289. The Hall–Kier alpha value is -0.980. The molecular weight excluding hydrogens is 395 g/mol. The number of anilines is 2. The zero-order valence-corrected chi connectivity index (χ0v) is 13.6. The van der Waals surface area contributed by atoms with Gasteiger partial charge in [0.25, 0.3) is 0 Å². The Balaban J connectivity index is 2.29. The van der Waals surface area contributed by atoms with E-state index >= 15 is 0 Å². The van der Waals surface area contributed by atoms with Crippen molar-refractivity contribution in [1.29, 1.82) is 0 Å². The lowest BCUT2D eigenvalue weighted by atomic mass is 10.2. The number of hydrogen-bond donors (Lipinski definition) is 2. The lowest BCUT2D eigenvalue weighted by Gasteiger charge is -2.10. The molecule has 98 valence electrons.